The number of nitrogens with zero attached hydrogens (tertiary/aromatic N) is 6. The number of amides is 2. The molecule has 0 bridgehead atoms. The van der Waals surface area contributed by atoms with Gasteiger partial charge in [-0.05, 0) is 78.2 Å². The van der Waals surface area contributed by atoms with Crippen molar-refractivity contribution in [3.8, 4) is 22.9 Å². The lowest BCUT2D eigenvalue weighted by molar-refractivity contribution is -0.168. The summed E-state index contributed by atoms with van der Waals surface area (Å²) in [6.07, 6.45) is 4.90. The number of unbranched alkanes of at least 4 members (excludes halogenated alkanes) is 3. The second-order valence-corrected chi connectivity index (χ2v) is 14.9. The first-order chi connectivity index (χ1) is 25.3. The smallest absolute Gasteiger partial charge is 0.410 e. The van der Waals surface area contributed by atoms with E-state index in [0.29, 0.717) is 63.3 Å². The number of ether oxygens (including phenoxy) is 3. The standard InChI is InChI=1S/C38H51ClF2N6O6/c1-38(2,3)53-37(49)47-20-18-46(19-21-47)35-26-23-27(39)31(33(41)34(26)42-36(43-35)52-24-25-13-12-17-44(25)4)32-28(40)14-11-15-29(32)51-22-10-8-7-9-16-30(48)45(5)50-6/h11,14-15,23,25H,7-10,12-13,16-22,24H2,1-6H3/t25-/m0/s1. The number of fused-ring (bicyclic) bond motifs is 1. The number of halogens is 3. The molecule has 3 aromatic rings. The van der Waals surface area contributed by atoms with Gasteiger partial charge in [0.1, 0.15) is 35.1 Å². The van der Waals surface area contributed by atoms with Gasteiger partial charge in [0.25, 0.3) is 0 Å². The summed E-state index contributed by atoms with van der Waals surface area (Å²) in [7, 11) is 5.05. The number of hydrogen-bond donors (Lipinski definition) is 0. The molecule has 2 saturated heterocycles. The van der Waals surface area contributed by atoms with Gasteiger partial charge in [0.05, 0.1) is 24.3 Å². The molecule has 3 heterocycles. The monoisotopic (exact) mass is 760 g/mol. The third-order valence-corrected chi connectivity index (χ3v) is 9.84. The van der Waals surface area contributed by atoms with Crippen LogP contribution in [0, 0.1) is 11.6 Å². The van der Waals surface area contributed by atoms with E-state index < -0.39 is 23.3 Å². The lowest BCUT2D eigenvalue weighted by Gasteiger charge is -2.36. The Balaban J connectivity index is 1.40. The first-order valence-electron chi connectivity index (χ1n) is 18.3. The van der Waals surface area contributed by atoms with E-state index in [1.165, 1.54) is 24.3 Å². The molecule has 1 aromatic heterocycles. The molecule has 2 amide bonds. The van der Waals surface area contributed by atoms with Gasteiger partial charge in [-0.25, -0.2) is 18.6 Å². The topological polar surface area (TPSA) is 110 Å². The van der Waals surface area contributed by atoms with E-state index in [2.05, 4.69) is 9.88 Å². The Morgan fingerprint density at radius 1 is 1.00 bits per heavy atom. The molecule has 2 aromatic carbocycles. The molecule has 0 aliphatic carbocycles. The molecule has 2 fully saturated rings. The van der Waals surface area contributed by atoms with Crippen LogP contribution in [0.3, 0.4) is 0 Å². The average molecular weight is 761 g/mol. The quantitative estimate of drug-likeness (QED) is 0.125. The average Bonchev–Trinajstić information content (AvgIpc) is 3.54. The molecule has 15 heteroatoms. The maximum Gasteiger partial charge on any atom is 0.410 e. The van der Waals surface area contributed by atoms with Crippen molar-refractivity contribution in [1.82, 2.24) is 24.8 Å². The molecular formula is C38H51ClF2N6O6. The van der Waals surface area contributed by atoms with Gasteiger partial charge in [-0.1, -0.05) is 30.5 Å². The van der Waals surface area contributed by atoms with Crippen LogP contribution in [0.4, 0.5) is 19.4 Å². The molecule has 5 rings (SSSR count). The van der Waals surface area contributed by atoms with Gasteiger partial charge < -0.3 is 28.9 Å². The van der Waals surface area contributed by atoms with Gasteiger partial charge in [-0.2, -0.15) is 9.97 Å². The van der Waals surface area contributed by atoms with Gasteiger partial charge in [0, 0.05) is 56.6 Å². The van der Waals surface area contributed by atoms with Crippen LogP contribution in [0.1, 0.15) is 65.7 Å². The Morgan fingerprint density at radius 2 is 1.74 bits per heavy atom. The fraction of sp³-hybridized carbons (Fsp3) is 0.579. The minimum Gasteiger partial charge on any atom is -0.493 e. The molecule has 2 aliphatic rings. The summed E-state index contributed by atoms with van der Waals surface area (Å²) >= 11 is 6.82. The van der Waals surface area contributed by atoms with Crippen molar-refractivity contribution >= 4 is 40.3 Å². The van der Waals surface area contributed by atoms with Crippen molar-refractivity contribution in [2.45, 2.75) is 77.4 Å². The van der Waals surface area contributed by atoms with Crippen molar-refractivity contribution in [3.05, 3.63) is 40.9 Å². The summed E-state index contributed by atoms with van der Waals surface area (Å²) in [5.41, 5.74) is -0.974. The third-order valence-electron chi connectivity index (χ3n) is 9.54. The largest absolute Gasteiger partial charge is 0.493 e. The molecule has 0 radical (unpaired) electrons. The maximum atomic E-state index is 16.9. The normalized spacial score (nSPS) is 16.7. The highest BCUT2D eigenvalue weighted by atomic mass is 35.5. The minimum absolute atomic E-state index is 0.00452. The molecule has 1 atom stereocenters. The number of likely N-dealkylation sites (N-methyl/N-ethyl adjacent to an activating group) is 1. The summed E-state index contributed by atoms with van der Waals surface area (Å²) < 4.78 is 50.3. The van der Waals surface area contributed by atoms with Gasteiger partial charge in [-0.15, -0.1) is 0 Å². The van der Waals surface area contributed by atoms with Crippen LogP contribution in [0.15, 0.2) is 24.3 Å². The minimum atomic E-state index is -0.827. The highest BCUT2D eigenvalue weighted by Gasteiger charge is 2.30. The number of rotatable bonds is 14. The highest BCUT2D eigenvalue weighted by Crippen LogP contribution is 2.43. The Kier molecular flexibility index (Phi) is 13.6. The van der Waals surface area contributed by atoms with Crippen LogP contribution in [0.5, 0.6) is 11.8 Å². The van der Waals surface area contributed by atoms with Crippen molar-refractivity contribution in [3.63, 3.8) is 0 Å². The van der Waals surface area contributed by atoms with Gasteiger partial charge in [-0.3, -0.25) is 9.63 Å². The van der Waals surface area contributed by atoms with Gasteiger partial charge in [0.15, 0.2) is 5.82 Å². The number of likely N-dealkylation sites (tertiary alicyclic amines) is 1. The van der Waals surface area contributed by atoms with E-state index in [-0.39, 0.29) is 52.0 Å². The Bertz CT molecular complexity index is 1750. The fourth-order valence-corrected chi connectivity index (χ4v) is 6.81. The first-order valence-corrected chi connectivity index (χ1v) is 18.6. The van der Waals surface area contributed by atoms with Crippen molar-refractivity contribution in [2.75, 3.05) is 72.0 Å². The number of aromatic nitrogens is 2. The molecule has 0 spiro atoms. The summed E-state index contributed by atoms with van der Waals surface area (Å²) in [4.78, 5) is 44.7. The number of hydrogen-bond acceptors (Lipinski definition) is 10. The molecule has 0 N–H and O–H groups in total. The zero-order valence-corrected chi connectivity index (χ0v) is 32.3. The summed E-state index contributed by atoms with van der Waals surface area (Å²) in [5, 5.41) is 1.51. The lowest BCUT2D eigenvalue weighted by Crippen LogP contribution is -2.50. The lowest BCUT2D eigenvalue weighted by atomic mass is 10.0. The van der Waals surface area contributed by atoms with E-state index >= 15 is 8.78 Å². The van der Waals surface area contributed by atoms with Crippen LogP contribution < -0.4 is 14.4 Å². The number of anilines is 1. The Hall–Kier alpha value is -4.01. The van der Waals surface area contributed by atoms with Crippen LogP contribution in [-0.2, 0) is 14.4 Å². The van der Waals surface area contributed by atoms with Crippen LogP contribution in [0.25, 0.3) is 22.0 Å². The highest BCUT2D eigenvalue weighted by molar-refractivity contribution is 6.34. The van der Waals surface area contributed by atoms with Crippen LogP contribution in [0.2, 0.25) is 5.02 Å². The van der Waals surface area contributed by atoms with Gasteiger partial charge in [0.2, 0.25) is 5.91 Å². The van der Waals surface area contributed by atoms with E-state index in [0.717, 1.165) is 32.2 Å². The zero-order chi connectivity index (χ0) is 38.3. The summed E-state index contributed by atoms with van der Waals surface area (Å²) in [6, 6.07) is 6.03. The van der Waals surface area contributed by atoms with Crippen molar-refractivity contribution < 1.29 is 37.4 Å². The zero-order valence-electron chi connectivity index (χ0n) is 31.6. The maximum absolute atomic E-state index is 16.9. The van der Waals surface area contributed by atoms with Gasteiger partial charge >= 0.3 is 12.1 Å². The number of carbonyl (C=O) groups is 2. The SMILES string of the molecule is CON(C)C(=O)CCCCCCOc1cccc(F)c1-c1c(Cl)cc2c(N3CCN(C(=O)OC(C)(C)C)CC3)nc(OC[C@@H]3CCCN3C)nc2c1F. The summed E-state index contributed by atoms with van der Waals surface area (Å²) in [5.74, 6) is -1.07. The molecule has 0 unspecified atom stereocenters. The van der Waals surface area contributed by atoms with E-state index in [1.807, 2.05) is 32.7 Å². The molecule has 290 valence electrons. The van der Waals surface area contributed by atoms with Crippen molar-refractivity contribution in [2.24, 2.45) is 0 Å². The predicted octanol–water partition coefficient (Wildman–Crippen LogP) is 7.11. The number of benzene rings is 2. The van der Waals surface area contributed by atoms with E-state index in [9.17, 15) is 9.59 Å². The second kappa shape index (κ2) is 17.9. The number of piperazine rings is 1. The molecule has 53 heavy (non-hydrogen) atoms. The third kappa shape index (κ3) is 10.2. The predicted molar refractivity (Wildman–Crippen MR) is 199 cm³/mol. The Morgan fingerprint density at radius 3 is 2.42 bits per heavy atom. The van der Waals surface area contributed by atoms with Crippen LogP contribution >= 0.6 is 11.6 Å². The Labute approximate surface area is 315 Å². The van der Waals surface area contributed by atoms with E-state index in [1.54, 1.807) is 24.1 Å². The molecule has 2 aliphatic heterocycles. The summed E-state index contributed by atoms with van der Waals surface area (Å²) in [6.45, 7) is 8.49. The fourth-order valence-electron chi connectivity index (χ4n) is 6.52. The molecule has 0 saturated carbocycles. The van der Waals surface area contributed by atoms with Crippen molar-refractivity contribution in [1.29, 1.82) is 0 Å². The number of carbonyl (C=O) groups excluding carboxylic acids is 2. The molecule has 12 nitrogen and oxygen atoms in total. The number of hydroxylamine groups is 2. The van der Waals surface area contributed by atoms with Crippen LogP contribution in [-0.4, -0.2) is 116 Å². The van der Waals surface area contributed by atoms with E-state index in [4.69, 9.17) is 35.6 Å². The second-order valence-electron chi connectivity index (χ2n) is 14.5. The first kappa shape index (κ1) is 40.2. The molecular weight excluding hydrogens is 710 g/mol.